The normalized spacial score (nSPS) is 22.1. The lowest BCUT2D eigenvalue weighted by Gasteiger charge is -2.35. The summed E-state index contributed by atoms with van der Waals surface area (Å²) in [5.41, 5.74) is 6.24. The molecule has 2 aromatic carbocycles. The van der Waals surface area contributed by atoms with Crippen molar-refractivity contribution in [1.29, 1.82) is 0 Å². The van der Waals surface area contributed by atoms with E-state index in [1.807, 2.05) is 28.8 Å². The SMILES string of the molecule is O=C1CCC(c2ccc(CN3C[C@H]4C[C@@H]3CN4c3ccc(-c4cc(F)c5c(c4)C(=O)N(C(C(=O)Nc4nccs4)c4ncn6c4CCC6)C5)cc3)nc2)C(=O)N1. The average Bonchev–Trinajstić information content (AvgIpc) is 4.06. The number of thiazole rings is 1. The summed E-state index contributed by atoms with van der Waals surface area (Å²) in [6, 6.07) is 14.9. The molecule has 5 aliphatic heterocycles. The van der Waals surface area contributed by atoms with E-state index in [1.165, 1.54) is 22.3 Å². The molecule has 0 saturated carbocycles. The van der Waals surface area contributed by atoms with E-state index in [2.05, 4.69) is 47.5 Å². The van der Waals surface area contributed by atoms with Gasteiger partial charge in [0, 0.05) is 85.0 Å². The maximum absolute atomic E-state index is 15.9. The second-order valence-corrected chi connectivity index (χ2v) is 16.2. The predicted octanol–water partition coefficient (Wildman–Crippen LogP) is 4.81. The Morgan fingerprint density at radius 2 is 1.88 bits per heavy atom. The Labute approximate surface area is 325 Å². The van der Waals surface area contributed by atoms with E-state index in [9.17, 15) is 19.2 Å². The number of likely N-dealkylation sites (tertiary alicyclic amines) is 1. The minimum atomic E-state index is -1.04. The number of aromatic nitrogens is 4. The fourth-order valence-electron chi connectivity index (χ4n) is 9.23. The van der Waals surface area contributed by atoms with Crippen molar-refractivity contribution in [2.45, 2.75) is 75.8 Å². The summed E-state index contributed by atoms with van der Waals surface area (Å²) in [6.07, 6.45) is 8.66. The topological polar surface area (TPSA) is 146 Å². The highest BCUT2D eigenvalue weighted by atomic mass is 32.1. The Kier molecular flexibility index (Phi) is 8.51. The van der Waals surface area contributed by atoms with E-state index >= 15 is 4.39 Å². The number of carbonyl (C=O) groups excluding carboxylic acids is 4. The van der Waals surface area contributed by atoms with Crippen molar-refractivity contribution in [3.05, 3.63) is 112 Å². The number of rotatable bonds is 9. The summed E-state index contributed by atoms with van der Waals surface area (Å²) >= 11 is 1.28. The van der Waals surface area contributed by atoms with Gasteiger partial charge in [0.1, 0.15) is 5.82 Å². The number of aryl methyl sites for hydroxylation is 1. The van der Waals surface area contributed by atoms with Crippen LogP contribution in [0.1, 0.15) is 76.2 Å². The molecule has 56 heavy (non-hydrogen) atoms. The van der Waals surface area contributed by atoms with Gasteiger partial charge in [-0.25, -0.2) is 14.4 Å². The zero-order valence-electron chi connectivity index (χ0n) is 30.4. The number of nitrogens with zero attached hydrogens (tertiary/aromatic N) is 7. The number of imidazole rings is 1. The molecule has 2 N–H and O–H groups in total. The first kappa shape index (κ1) is 34.7. The van der Waals surface area contributed by atoms with Crippen LogP contribution in [0, 0.1) is 5.82 Å². The third kappa shape index (κ3) is 6.05. The molecule has 13 nitrogen and oxygen atoms in total. The first-order chi connectivity index (χ1) is 27.3. The Hall–Kier alpha value is -5.80. The highest BCUT2D eigenvalue weighted by molar-refractivity contribution is 7.13. The summed E-state index contributed by atoms with van der Waals surface area (Å²) < 4.78 is 17.9. The standard InChI is InChI=1S/C41H38FN9O4S/c42-33-15-25(14-31-32(33)21-51(40(31)55)37(39(54)47-41-43-11-13-56-41)36-34-2-1-12-48(34)22-45-36)23-4-7-27(8-5-23)50-20-28-16-29(50)19-49(28)18-26-6-3-24(17-44-26)30-9-10-35(52)46-38(30)53/h3-8,11,13-15,17,22,28-30,37H,1-2,9-10,12,16,18-21H2,(H,43,47,54)(H,46,52,53)/t28-,29-,30?,37?/m1/s1. The number of hydrogen-bond acceptors (Lipinski definition) is 10. The molecule has 5 aromatic rings. The molecule has 5 aliphatic rings. The number of piperidine rings is 1. The number of pyridine rings is 1. The van der Waals surface area contributed by atoms with Gasteiger partial charge in [0.2, 0.25) is 11.8 Å². The van der Waals surface area contributed by atoms with Crippen LogP contribution in [0.2, 0.25) is 0 Å². The Balaban J connectivity index is 0.820. The van der Waals surface area contributed by atoms with Crippen molar-refractivity contribution in [3.63, 3.8) is 0 Å². The van der Waals surface area contributed by atoms with Crippen LogP contribution in [0.25, 0.3) is 11.1 Å². The molecule has 15 heteroatoms. The fraction of sp³-hybridized carbons (Fsp3) is 0.341. The van der Waals surface area contributed by atoms with Crippen LogP contribution in [0.4, 0.5) is 15.2 Å². The minimum Gasteiger partial charge on any atom is -0.366 e. The number of hydrogen-bond donors (Lipinski definition) is 2. The number of benzene rings is 2. The Bertz CT molecular complexity index is 2380. The summed E-state index contributed by atoms with van der Waals surface area (Å²) in [4.78, 5) is 71.5. The largest absolute Gasteiger partial charge is 0.366 e. The number of imide groups is 1. The van der Waals surface area contributed by atoms with Gasteiger partial charge in [0.15, 0.2) is 11.2 Å². The number of amides is 4. The van der Waals surface area contributed by atoms with Crippen molar-refractivity contribution >= 4 is 45.8 Å². The van der Waals surface area contributed by atoms with Gasteiger partial charge in [-0.05, 0) is 72.7 Å². The van der Waals surface area contributed by atoms with E-state index in [-0.39, 0.29) is 35.4 Å². The first-order valence-electron chi connectivity index (χ1n) is 19.0. The van der Waals surface area contributed by atoms with Gasteiger partial charge in [-0.3, -0.25) is 39.7 Å². The van der Waals surface area contributed by atoms with Crippen LogP contribution in [-0.2, 0) is 40.4 Å². The van der Waals surface area contributed by atoms with Gasteiger partial charge in [0.25, 0.3) is 11.8 Å². The fourth-order valence-corrected chi connectivity index (χ4v) is 9.76. The lowest BCUT2D eigenvalue weighted by Crippen LogP contribution is -2.46. The van der Waals surface area contributed by atoms with Crippen LogP contribution in [-0.4, -0.2) is 78.1 Å². The van der Waals surface area contributed by atoms with Crippen LogP contribution < -0.4 is 15.5 Å². The third-order valence-electron chi connectivity index (χ3n) is 12.0. The van der Waals surface area contributed by atoms with Crippen LogP contribution in [0.15, 0.2) is 72.6 Å². The summed E-state index contributed by atoms with van der Waals surface area (Å²) in [6.45, 7) is 3.27. The molecule has 4 atom stereocenters. The van der Waals surface area contributed by atoms with Gasteiger partial charge in [0.05, 0.1) is 30.2 Å². The third-order valence-corrected chi connectivity index (χ3v) is 12.7. The molecule has 3 fully saturated rings. The van der Waals surface area contributed by atoms with Crippen molar-refractivity contribution in [1.82, 2.24) is 34.6 Å². The van der Waals surface area contributed by atoms with Crippen molar-refractivity contribution in [3.8, 4) is 11.1 Å². The summed E-state index contributed by atoms with van der Waals surface area (Å²) in [5, 5.41) is 7.45. The van der Waals surface area contributed by atoms with Gasteiger partial charge < -0.3 is 14.4 Å². The molecule has 0 radical (unpaired) electrons. The number of piperazine rings is 1. The maximum Gasteiger partial charge on any atom is 0.255 e. The molecule has 4 amide bonds. The quantitative estimate of drug-likeness (QED) is 0.202. The molecule has 2 unspecified atom stereocenters. The Morgan fingerprint density at radius 3 is 2.62 bits per heavy atom. The van der Waals surface area contributed by atoms with Gasteiger partial charge in [-0.15, -0.1) is 11.3 Å². The number of fused-ring (bicyclic) bond motifs is 4. The summed E-state index contributed by atoms with van der Waals surface area (Å²) in [7, 11) is 0. The molecule has 0 spiro atoms. The van der Waals surface area contributed by atoms with Crippen molar-refractivity contribution in [2.24, 2.45) is 0 Å². The van der Waals surface area contributed by atoms with E-state index in [4.69, 9.17) is 0 Å². The average molecular weight is 772 g/mol. The molecule has 3 saturated heterocycles. The van der Waals surface area contributed by atoms with Crippen LogP contribution in [0.3, 0.4) is 0 Å². The van der Waals surface area contributed by atoms with Gasteiger partial charge in [-0.1, -0.05) is 18.2 Å². The Morgan fingerprint density at radius 1 is 1.00 bits per heavy atom. The number of carbonyl (C=O) groups is 4. The monoisotopic (exact) mass is 771 g/mol. The number of anilines is 2. The maximum atomic E-state index is 15.9. The predicted molar refractivity (Wildman–Crippen MR) is 205 cm³/mol. The van der Waals surface area contributed by atoms with E-state index < -0.39 is 23.7 Å². The second-order valence-electron chi connectivity index (χ2n) is 15.3. The van der Waals surface area contributed by atoms with Crippen LogP contribution >= 0.6 is 11.3 Å². The van der Waals surface area contributed by atoms with E-state index in [0.717, 1.165) is 73.6 Å². The molecule has 8 heterocycles. The van der Waals surface area contributed by atoms with Gasteiger partial charge in [-0.2, -0.15) is 0 Å². The minimum absolute atomic E-state index is 0.0419. The summed E-state index contributed by atoms with van der Waals surface area (Å²) in [5.74, 6) is -2.14. The van der Waals surface area contributed by atoms with Crippen LogP contribution in [0.5, 0.6) is 0 Å². The molecule has 10 rings (SSSR count). The smallest absolute Gasteiger partial charge is 0.255 e. The highest BCUT2D eigenvalue weighted by Crippen LogP contribution is 2.40. The van der Waals surface area contributed by atoms with E-state index in [1.54, 1.807) is 30.2 Å². The molecule has 3 aromatic heterocycles. The van der Waals surface area contributed by atoms with E-state index in [0.29, 0.717) is 41.3 Å². The number of nitrogens with one attached hydrogen (secondary N) is 2. The van der Waals surface area contributed by atoms with Crippen molar-refractivity contribution < 1.29 is 23.6 Å². The number of halogens is 1. The van der Waals surface area contributed by atoms with Crippen molar-refractivity contribution in [2.75, 3.05) is 23.3 Å². The molecule has 2 bridgehead atoms. The second kappa shape index (κ2) is 13.7. The van der Waals surface area contributed by atoms with Gasteiger partial charge >= 0.3 is 0 Å². The zero-order valence-corrected chi connectivity index (χ0v) is 31.2. The molecular formula is C41H38FN9O4S. The zero-order chi connectivity index (χ0) is 38.1. The lowest BCUT2D eigenvalue weighted by molar-refractivity contribution is -0.134. The lowest BCUT2D eigenvalue weighted by atomic mass is 9.91. The molecule has 0 aliphatic carbocycles. The first-order valence-corrected chi connectivity index (χ1v) is 19.9. The molecular weight excluding hydrogens is 734 g/mol. The highest BCUT2D eigenvalue weighted by Gasteiger charge is 2.44. The molecule has 284 valence electrons.